The molecule has 5 rings (SSSR count). The number of benzene rings is 3. The van der Waals surface area contributed by atoms with E-state index in [0.29, 0.717) is 0 Å². The lowest BCUT2D eigenvalue weighted by Gasteiger charge is -2.04. The van der Waals surface area contributed by atoms with Gasteiger partial charge in [-0.25, -0.2) is 0 Å². The van der Waals surface area contributed by atoms with Crippen molar-refractivity contribution in [3.8, 4) is 11.1 Å². The van der Waals surface area contributed by atoms with Gasteiger partial charge in [-0.3, -0.25) is 0 Å². The SMILES string of the molecule is Cc1nnc2c(oc3cc4ccccc4cc32)c1-c1ccccc1. The van der Waals surface area contributed by atoms with Gasteiger partial charge in [0.1, 0.15) is 11.1 Å². The van der Waals surface area contributed by atoms with E-state index in [4.69, 9.17) is 4.42 Å². The molecule has 114 valence electrons. The Morgan fingerprint density at radius 2 is 1.50 bits per heavy atom. The van der Waals surface area contributed by atoms with Crippen LogP contribution in [0, 0.1) is 6.92 Å². The topological polar surface area (TPSA) is 38.9 Å². The highest BCUT2D eigenvalue weighted by molar-refractivity contribution is 6.11. The number of rotatable bonds is 1. The second-order valence-electron chi connectivity index (χ2n) is 6.00. The number of nitrogens with zero attached hydrogens (tertiary/aromatic N) is 2. The summed E-state index contributed by atoms with van der Waals surface area (Å²) in [5.41, 5.74) is 5.46. The van der Waals surface area contributed by atoms with Crippen LogP contribution in [0.1, 0.15) is 5.69 Å². The number of aryl methyl sites for hydroxylation is 1. The lowest BCUT2D eigenvalue weighted by Crippen LogP contribution is -1.92. The summed E-state index contributed by atoms with van der Waals surface area (Å²) in [6, 6.07) is 22.7. The molecule has 0 bridgehead atoms. The molecule has 2 heterocycles. The van der Waals surface area contributed by atoms with E-state index in [-0.39, 0.29) is 0 Å². The van der Waals surface area contributed by atoms with E-state index in [1.807, 2.05) is 37.3 Å². The zero-order valence-electron chi connectivity index (χ0n) is 13.2. The van der Waals surface area contributed by atoms with Gasteiger partial charge in [-0.2, -0.15) is 5.10 Å². The molecular formula is C21H14N2O. The molecule has 0 spiro atoms. The third-order valence-electron chi connectivity index (χ3n) is 4.48. The van der Waals surface area contributed by atoms with Gasteiger partial charge in [0.05, 0.1) is 5.69 Å². The second-order valence-corrected chi connectivity index (χ2v) is 6.00. The maximum absolute atomic E-state index is 6.22. The van der Waals surface area contributed by atoms with E-state index in [1.165, 1.54) is 5.39 Å². The maximum Gasteiger partial charge on any atom is 0.165 e. The van der Waals surface area contributed by atoms with E-state index >= 15 is 0 Å². The van der Waals surface area contributed by atoms with Crippen LogP contribution in [0.25, 0.3) is 44.0 Å². The fourth-order valence-electron chi connectivity index (χ4n) is 3.32. The molecule has 0 fully saturated rings. The van der Waals surface area contributed by atoms with E-state index in [1.54, 1.807) is 0 Å². The zero-order valence-corrected chi connectivity index (χ0v) is 13.2. The Bertz CT molecular complexity index is 1210. The molecule has 0 N–H and O–H groups in total. The van der Waals surface area contributed by atoms with Crippen molar-refractivity contribution < 1.29 is 4.42 Å². The first-order chi connectivity index (χ1) is 11.8. The van der Waals surface area contributed by atoms with E-state index < -0.39 is 0 Å². The van der Waals surface area contributed by atoms with Gasteiger partial charge in [0.15, 0.2) is 5.58 Å². The molecule has 0 aliphatic carbocycles. The summed E-state index contributed by atoms with van der Waals surface area (Å²) >= 11 is 0. The van der Waals surface area contributed by atoms with Crippen molar-refractivity contribution in [2.45, 2.75) is 6.92 Å². The van der Waals surface area contributed by atoms with Crippen molar-refractivity contribution in [2.75, 3.05) is 0 Å². The number of hydrogen-bond acceptors (Lipinski definition) is 3. The van der Waals surface area contributed by atoms with Crippen LogP contribution in [0.5, 0.6) is 0 Å². The third kappa shape index (κ3) is 1.85. The molecule has 3 nitrogen and oxygen atoms in total. The van der Waals surface area contributed by atoms with Crippen LogP contribution >= 0.6 is 0 Å². The minimum absolute atomic E-state index is 0.805. The molecule has 3 heteroatoms. The standard InChI is InChI=1S/C21H14N2O/c1-13-19(14-7-3-2-4-8-14)21-20(23-22-13)17-11-15-9-5-6-10-16(15)12-18(17)24-21/h2-12H,1H3. The molecule has 24 heavy (non-hydrogen) atoms. The van der Waals surface area contributed by atoms with E-state index in [9.17, 15) is 0 Å². The minimum atomic E-state index is 0.805. The maximum atomic E-state index is 6.22. The Balaban J connectivity index is 1.94. The molecule has 0 aliphatic rings. The average Bonchev–Trinajstić information content (AvgIpc) is 2.97. The second kappa shape index (κ2) is 4.90. The number of fused-ring (bicyclic) bond motifs is 4. The largest absolute Gasteiger partial charge is 0.454 e. The van der Waals surface area contributed by atoms with Gasteiger partial charge in [-0.05, 0) is 35.4 Å². The lowest BCUT2D eigenvalue weighted by molar-refractivity contribution is 0.668. The van der Waals surface area contributed by atoms with Crippen molar-refractivity contribution in [1.82, 2.24) is 10.2 Å². The first-order valence-corrected chi connectivity index (χ1v) is 7.95. The van der Waals surface area contributed by atoms with Crippen LogP contribution in [-0.2, 0) is 0 Å². The molecule has 3 aromatic carbocycles. The average molecular weight is 310 g/mol. The van der Waals surface area contributed by atoms with Crippen LogP contribution in [0.3, 0.4) is 0 Å². The molecule has 0 aliphatic heterocycles. The first-order valence-electron chi connectivity index (χ1n) is 7.95. The van der Waals surface area contributed by atoms with Crippen molar-refractivity contribution in [2.24, 2.45) is 0 Å². The lowest BCUT2D eigenvalue weighted by atomic mass is 10.0. The predicted molar refractivity (Wildman–Crippen MR) is 97.0 cm³/mol. The van der Waals surface area contributed by atoms with E-state index in [0.717, 1.165) is 44.3 Å². The van der Waals surface area contributed by atoms with Gasteiger partial charge in [-0.15, -0.1) is 5.10 Å². The van der Waals surface area contributed by atoms with E-state index in [2.05, 4.69) is 46.6 Å². The highest BCUT2D eigenvalue weighted by Crippen LogP contribution is 2.37. The van der Waals surface area contributed by atoms with Crippen LogP contribution in [-0.4, -0.2) is 10.2 Å². The molecular weight excluding hydrogens is 296 g/mol. The fraction of sp³-hybridized carbons (Fsp3) is 0.0476. The molecule has 5 aromatic rings. The van der Waals surface area contributed by atoms with Gasteiger partial charge in [0, 0.05) is 10.9 Å². The number of hydrogen-bond donors (Lipinski definition) is 0. The molecule has 0 amide bonds. The van der Waals surface area contributed by atoms with Crippen molar-refractivity contribution in [1.29, 1.82) is 0 Å². The monoisotopic (exact) mass is 310 g/mol. The Hall–Kier alpha value is -3.20. The molecule has 0 radical (unpaired) electrons. The van der Waals surface area contributed by atoms with Gasteiger partial charge >= 0.3 is 0 Å². The Morgan fingerprint density at radius 1 is 0.792 bits per heavy atom. The molecule has 0 saturated carbocycles. The summed E-state index contributed by atoms with van der Waals surface area (Å²) in [7, 11) is 0. The van der Waals surface area contributed by atoms with Gasteiger partial charge < -0.3 is 4.42 Å². The molecule has 0 unspecified atom stereocenters. The molecule has 0 saturated heterocycles. The van der Waals surface area contributed by atoms with Gasteiger partial charge in [0.2, 0.25) is 0 Å². The number of aromatic nitrogens is 2. The molecule has 0 atom stereocenters. The predicted octanol–water partition coefficient (Wildman–Crippen LogP) is 5.50. The Kier molecular flexibility index (Phi) is 2.71. The summed E-state index contributed by atoms with van der Waals surface area (Å²) in [4.78, 5) is 0. The summed E-state index contributed by atoms with van der Waals surface area (Å²) < 4.78 is 6.22. The van der Waals surface area contributed by atoms with Crippen LogP contribution in [0.4, 0.5) is 0 Å². The van der Waals surface area contributed by atoms with Crippen LogP contribution in [0.15, 0.2) is 71.1 Å². The third-order valence-corrected chi connectivity index (χ3v) is 4.48. The number of furan rings is 1. The van der Waals surface area contributed by atoms with Crippen molar-refractivity contribution in [3.05, 3.63) is 72.4 Å². The van der Waals surface area contributed by atoms with Crippen LogP contribution in [0.2, 0.25) is 0 Å². The Morgan fingerprint density at radius 3 is 2.29 bits per heavy atom. The first kappa shape index (κ1) is 13.3. The highest BCUT2D eigenvalue weighted by atomic mass is 16.3. The fourth-order valence-corrected chi connectivity index (χ4v) is 3.32. The summed E-state index contributed by atoms with van der Waals surface area (Å²) in [5, 5.41) is 12.1. The minimum Gasteiger partial charge on any atom is -0.454 e. The quantitative estimate of drug-likeness (QED) is 0.410. The summed E-state index contributed by atoms with van der Waals surface area (Å²) in [6.07, 6.45) is 0. The summed E-state index contributed by atoms with van der Waals surface area (Å²) in [6.45, 7) is 1.97. The summed E-state index contributed by atoms with van der Waals surface area (Å²) in [5.74, 6) is 0. The van der Waals surface area contributed by atoms with Crippen LogP contribution < -0.4 is 0 Å². The van der Waals surface area contributed by atoms with Gasteiger partial charge in [-0.1, -0.05) is 54.6 Å². The highest BCUT2D eigenvalue weighted by Gasteiger charge is 2.17. The van der Waals surface area contributed by atoms with Crippen molar-refractivity contribution >= 4 is 32.8 Å². The van der Waals surface area contributed by atoms with Gasteiger partial charge in [0.25, 0.3) is 0 Å². The zero-order chi connectivity index (χ0) is 16.1. The normalized spacial score (nSPS) is 11.5. The van der Waals surface area contributed by atoms with Crippen molar-refractivity contribution in [3.63, 3.8) is 0 Å². The Labute approximate surface area is 138 Å². The molecule has 2 aromatic heterocycles. The smallest absolute Gasteiger partial charge is 0.165 e.